The molecular weight excluding hydrogens is 276 g/mol. The molecule has 0 N–H and O–H groups in total. The first-order chi connectivity index (χ1) is 10.4. The Kier molecular flexibility index (Phi) is 2.87. The molecule has 0 aromatic carbocycles. The number of rotatable bonds is 0. The van der Waals surface area contributed by atoms with E-state index in [0.29, 0.717) is 42.8 Å². The number of ketones is 3. The first kappa shape index (κ1) is 14.3. The van der Waals surface area contributed by atoms with Gasteiger partial charge in [-0.05, 0) is 54.9 Å². The third-order valence-electron chi connectivity index (χ3n) is 7.50. The smallest absolute Gasteiger partial charge is 0.159 e. The largest absolute Gasteiger partial charge is 0.299 e. The van der Waals surface area contributed by atoms with E-state index >= 15 is 0 Å². The Morgan fingerprint density at radius 1 is 0.955 bits per heavy atom. The van der Waals surface area contributed by atoms with Gasteiger partial charge in [-0.25, -0.2) is 0 Å². The molecule has 0 spiro atoms. The van der Waals surface area contributed by atoms with Gasteiger partial charge in [-0.2, -0.15) is 0 Å². The number of carbonyl (C=O) groups is 3. The number of hydrogen-bond donors (Lipinski definition) is 0. The van der Waals surface area contributed by atoms with Gasteiger partial charge in [-0.1, -0.05) is 13.8 Å². The van der Waals surface area contributed by atoms with Crippen molar-refractivity contribution in [2.24, 2.45) is 28.6 Å². The minimum Gasteiger partial charge on any atom is -0.299 e. The molecule has 0 bridgehead atoms. The lowest BCUT2D eigenvalue weighted by Crippen LogP contribution is -2.53. The predicted molar refractivity (Wildman–Crippen MR) is 82.1 cm³/mol. The molecule has 118 valence electrons. The third kappa shape index (κ3) is 1.65. The minimum atomic E-state index is -0.191. The lowest BCUT2D eigenvalue weighted by atomic mass is 9.47. The van der Waals surface area contributed by atoms with Crippen LogP contribution in [-0.4, -0.2) is 17.3 Å². The minimum absolute atomic E-state index is 0.107. The molecule has 3 heteroatoms. The fourth-order valence-electron chi connectivity index (χ4n) is 6.16. The molecule has 4 aliphatic carbocycles. The third-order valence-corrected chi connectivity index (χ3v) is 7.50. The van der Waals surface area contributed by atoms with Crippen LogP contribution in [-0.2, 0) is 14.4 Å². The lowest BCUT2D eigenvalue weighted by molar-refractivity contribution is -0.138. The molecule has 0 aliphatic heterocycles. The second-order valence-electron chi connectivity index (χ2n) is 8.36. The summed E-state index contributed by atoms with van der Waals surface area (Å²) in [6, 6.07) is 0. The number of Topliss-reactive ketones (excluding diaryl/α,β-unsaturated/α-hetero) is 2. The van der Waals surface area contributed by atoms with E-state index in [4.69, 9.17) is 0 Å². The maximum absolute atomic E-state index is 12.7. The van der Waals surface area contributed by atoms with Gasteiger partial charge in [0.05, 0.1) is 0 Å². The number of carbonyl (C=O) groups excluding carboxylic acids is 3. The van der Waals surface area contributed by atoms with Crippen molar-refractivity contribution in [2.75, 3.05) is 0 Å². The summed E-state index contributed by atoms with van der Waals surface area (Å²) < 4.78 is 0. The molecule has 4 aliphatic rings. The van der Waals surface area contributed by atoms with E-state index in [0.717, 1.165) is 31.3 Å². The molecule has 2 unspecified atom stereocenters. The highest BCUT2D eigenvalue weighted by molar-refractivity contribution is 6.06. The molecule has 0 heterocycles. The van der Waals surface area contributed by atoms with Gasteiger partial charge < -0.3 is 0 Å². The summed E-state index contributed by atoms with van der Waals surface area (Å²) in [5.41, 5.74) is 0.461. The Bertz CT molecular complexity index is 616. The Morgan fingerprint density at radius 3 is 2.45 bits per heavy atom. The fraction of sp³-hybridized carbons (Fsp3) is 0.737. The fourth-order valence-corrected chi connectivity index (χ4v) is 6.16. The molecule has 0 saturated heterocycles. The van der Waals surface area contributed by atoms with Crippen LogP contribution in [0.2, 0.25) is 0 Å². The lowest BCUT2D eigenvalue weighted by Gasteiger charge is -2.56. The predicted octanol–water partition coefficient (Wildman–Crippen LogP) is 3.27. The molecule has 5 atom stereocenters. The molecule has 0 aromatic heterocycles. The highest BCUT2D eigenvalue weighted by Gasteiger charge is 2.60. The Hall–Kier alpha value is -1.25. The molecule has 3 fully saturated rings. The first-order valence-electron chi connectivity index (χ1n) is 8.68. The molecule has 0 amide bonds. The molecule has 3 saturated carbocycles. The Morgan fingerprint density at radius 2 is 1.68 bits per heavy atom. The van der Waals surface area contributed by atoms with Crippen molar-refractivity contribution < 1.29 is 14.4 Å². The topological polar surface area (TPSA) is 51.2 Å². The van der Waals surface area contributed by atoms with Crippen LogP contribution in [0, 0.1) is 28.6 Å². The van der Waals surface area contributed by atoms with E-state index in [9.17, 15) is 14.4 Å². The highest BCUT2D eigenvalue weighted by Crippen LogP contribution is 2.63. The highest BCUT2D eigenvalue weighted by atomic mass is 16.1. The van der Waals surface area contributed by atoms with Crippen LogP contribution in [0.4, 0.5) is 0 Å². The van der Waals surface area contributed by atoms with Crippen molar-refractivity contribution in [2.45, 2.75) is 58.8 Å². The van der Waals surface area contributed by atoms with Gasteiger partial charge in [-0.15, -0.1) is 0 Å². The van der Waals surface area contributed by atoms with Crippen molar-refractivity contribution in [1.82, 2.24) is 0 Å². The van der Waals surface area contributed by atoms with Gasteiger partial charge in [0.2, 0.25) is 0 Å². The first-order valence-corrected chi connectivity index (χ1v) is 8.68. The van der Waals surface area contributed by atoms with Crippen molar-refractivity contribution >= 4 is 17.3 Å². The average molecular weight is 300 g/mol. The zero-order valence-corrected chi connectivity index (χ0v) is 13.5. The second-order valence-corrected chi connectivity index (χ2v) is 8.36. The van der Waals surface area contributed by atoms with Crippen molar-refractivity contribution in [3.63, 3.8) is 0 Å². The zero-order chi connectivity index (χ0) is 15.7. The van der Waals surface area contributed by atoms with E-state index in [1.807, 2.05) is 0 Å². The molecule has 4 rings (SSSR count). The molecule has 3 nitrogen and oxygen atoms in total. The normalized spacial score (nSPS) is 47.6. The summed E-state index contributed by atoms with van der Waals surface area (Å²) in [5, 5.41) is 0. The molecule has 0 radical (unpaired) electrons. The van der Waals surface area contributed by atoms with Crippen LogP contribution in [0.15, 0.2) is 11.6 Å². The maximum atomic E-state index is 12.7. The summed E-state index contributed by atoms with van der Waals surface area (Å²) >= 11 is 0. The van der Waals surface area contributed by atoms with Crippen LogP contribution < -0.4 is 0 Å². The second kappa shape index (κ2) is 4.39. The van der Waals surface area contributed by atoms with Gasteiger partial charge in [0.15, 0.2) is 11.6 Å². The van der Waals surface area contributed by atoms with E-state index < -0.39 is 0 Å². The number of fused-ring (bicyclic) bond motifs is 5. The van der Waals surface area contributed by atoms with Crippen LogP contribution in [0.3, 0.4) is 0 Å². The quantitative estimate of drug-likeness (QED) is 0.690. The van der Waals surface area contributed by atoms with Crippen LogP contribution in [0.5, 0.6) is 0 Å². The van der Waals surface area contributed by atoms with E-state index in [2.05, 4.69) is 13.8 Å². The van der Waals surface area contributed by atoms with Gasteiger partial charge in [0.25, 0.3) is 0 Å². The molecule has 22 heavy (non-hydrogen) atoms. The van der Waals surface area contributed by atoms with Gasteiger partial charge in [0.1, 0.15) is 5.78 Å². The monoisotopic (exact) mass is 300 g/mol. The molecular formula is C19H24O3. The number of hydrogen-bond acceptors (Lipinski definition) is 3. The van der Waals surface area contributed by atoms with Crippen molar-refractivity contribution in [1.29, 1.82) is 0 Å². The van der Waals surface area contributed by atoms with Crippen LogP contribution in [0.25, 0.3) is 0 Å². The Labute approximate surface area is 131 Å². The van der Waals surface area contributed by atoms with Gasteiger partial charge >= 0.3 is 0 Å². The number of allylic oxidation sites excluding steroid dienone is 1. The average Bonchev–Trinajstić information content (AvgIpc) is 2.77. The van der Waals surface area contributed by atoms with E-state index in [-0.39, 0.29) is 22.4 Å². The summed E-state index contributed by atoms with van der Waals surface area (Å²) in [4.78, 5) is 36.8. The van der Waals surface area contributed by atoms with E-state index in [1.54, 1.807) is 6.08 Å². The van der Waals surface area contributed by atoms with Crippen molar-refractivity contribution in [3.05, 3.63) is 11.6 Å². The summed E-state index contributed by atoms with van der Waals surface area (Å²) in [6.07, 6.45) is 7.19. The standard InChI is InChI=1S/C19H24O3/c1-18-7-5-11(20)9-15(18)16(21)10-12-13-3-4-17(22)19(13,2)8-6-14(12)18/h9,12-14H,3-8,10H2,1-2H3/t12-,13?,14?,18+,19-/m0/s1. The summed E-state index contributed by atoms with van der Waals surface area (Å²) in [6.45, 7) is 4.32. The molecule has 0 aromatic rings. The Balaban J connectivity index is 1.76. The summed E-state index contributed by atoms with van der Waals surface area (Å²) in [5.74, 6) is 1.87. The maximum Gasteiger partial charge on any atom is 0.159 e. The van der Waals surface area contributed by atoms with Crippen molar-refractivity contribution in [3.8, 4) is 0 Å². The van der Waals surface area contributed by atoms with Gasteiger partial charge in [0, 0.05) is 30.3 Å². The summed E-state index contributed by atoms with van der Waals surface area (Å²) in [7, 11) is 0. The van der Waals surface area contributed by atoms with Crippen LogP contribution in [0.1, 0.15) is 58.8 Å². The van der Waals surface area contributed by atoms with Crippen LogP contribution >= 0.6 is 0 Å². The van der Waals surface area contributed by atoms with Gasteiger partial charge in [-0.3, -0.25) is 14.4 Å². The van der Waals surface area contributed by atoms with E-state index in [1.165, 1.54) is 0 Å². The SMILES string of the molecule is C[C@]12CCC(=O)C=C1C(=O)C[C@@H]1C2CC[C@]2(C)C(=O)CCC12. The zero-order valence-electron chi connectivity index (χ0n) is 13.5.